The van der Waals surface area contributed by atoms with E-state index in [1.807, 2.05) is 12.1 Å². The highest BCUT2D eigenvalue weighted by Gasteiger charge is 2.10. The Hall–Kier alpha value is -0.540. The number of hydrogen-bond donors (Lipinski definition) is 0. The van der Waals surface area contributed by atoms with Gasteiger partial charge in [-0.05, 0) is 6.07 Å². The second kappa shape index (κ2) is 5.37. The van der Waals surface area contributed by atoms with Gasteiger partial charge in [0.25, 0.3) is 0 Å². The van der Waals surface area contributed by atoms with E-state index in [0.717, 1.165) is 5.56 Å². The molecule has 0 spiro atoms. The molecule has 76 valence electrons. The quantitative estimate of drug-likeness (QED) is 0.791. The fourth-order valence-corrected chi connectivity index (χ4v) is 1.65. The Morgan fingerprint density at radius 1 is 1.57 bits per heavy atom. The predicted octanol–water partition coefficient (Wildman–Crippen LogP) is 2.86. The van der Waals surface area contributed by atoms with Gasteiger partial charge in [0.15, 0.2) is 0 Å². The number of carbonyl (C=O) groups is 1. The summed E-state index contributed by atoms with van der Waals surface area (Å²) >= 11 is 9.02. The van der Waals surface area contributed by atoms with Crippen LogP contribution in [0.5, 0.6) is 5.75 Å². The molecule has 2 nitrogen and oxygen atoms in total. The number of halogens is 2. The van der Waals surface area contributed by atoms with Gasteiger partial charge in [-0.1, -0.05) is 39.7 Å². The van der Waals surface area contributed by atoms with Crippen molar-refractivity contribution >= 4 is 33.3 Å². The maximum atomic E-state index is 11.2. The van der Waals surface area contributed by atoms with E-state index in [4.69, 9.17) is 16.3 Å². The molecular weight excluding hydrogens is 267 g/mol. The summed E-state index contributed by atoms with van der Waals surface area (Å²) < 4.78 is 5.12. The molecule has 0 bridgehead atoms. The van der Waals surface area contributed by atoms with Gasteiger partial charge in [-0.2, -0.15) is 0 Å². The van der Waals surface area contributed by atoms with Crippen molar-refractivity contribution in [3.63, 3.8) is 0 Å². The summed E-state index contributed by atoms with van der Waals surface area (Å²) in [5.41, 5.74) is 0.824. The first kappa shape index (κ1) is 11.5. The molecule has 0 saturated heterocycles. The number of methoxy groups -OCH3 is 1. The molecule has 1 aromatic rings. The average Bonchev–Trinajstić information content (AvgIpc) is 2.18. The van der Waals surface area contributed by atoms with Crippen molar-refractivity contribution in [1.29, 1.82) is 0 Å². The Bertz CT molecular complexity index is 339. The first-order valence-corrected chi connectivity index (χ1v) is 5.58. The third-order valence-corrected chi connectivity index (χ3v) is 2.71. The van der Waals surface area contributed by atoms with E-state index in [-0.39, 0.29) is 5.78 Å². The van der Waals surface area contributed by atoms with Crippen LogP contribution in [0, 0.1) is 0 Å². The first-order chi connectivity index (χ1) is 6.69. The minimum absolute atomic E-state index is 0.102. The minimum Gasteiger partial charge on any atom is -0.495 e. The summed E-state index contributed by atoms with van der Waals surface area (Å²) in [4.78, 5) is 11.2. The topological polar surface area (TPSA) is 26.3 Å². The standard InChI is InChI=1S/C10H10BrClO2/c1-14-10-7(5-8(13)6-11)3-2-4-9(10)12/h2-4H,5-6H2,1H3. The molecule has 0 N–H and O–H groups in total. The Morgan fingerprint density at radius 2 is 2.29 bits per heavy atom. The van der Waals surface area contributed by atoms with E-state index in [1.54, 1.807) is 13.2 Å². The van der Waals surface area contributed by atoms with Crippen molar-refractivity contribution in [1.82, 2.24) is 0 Å². The van der Waals surface area contributed by atoms with Gasteiger partial charge in [0.05, 0.1) is 17.5 Å². The van der Waals surface area contributed by atoms with Gasteiger partial charge in [-0.25, -0.2) is 0 Å². The number of ether oxygens (including phenoxy) is 1. The number of benzene rings is 1. The molecule has 1 rings (SSSR count). The summed E-state index contributed by atoms with van der Waals surface area (Å²) in [6.45, 7) is 0. The summed E-state index contributed by atoms with van der Waals surface area (Å²) in [6.07, 6.45) is 0.342. The predicted molar refractivity (Wildman–Crippen MR) is 60.5 cm³/mol. The number of para-hydroxylation sites is 1. The number of ketones is 1. The molecule has 0 aliphatic rings. The van der Waals surface area contributed by atoms with E-state index in [0.29, 0.717) is 22.5 Å². The third-order valence-electron chi connectivity index (χ3n) is 1.79. The van der Waals surface area contributed by atoms with Gasteiger partial charge < -0.3 is 4.74 Å². The fraction of sp³-hybridized carbons (Fsp3) is 0.300. The lowest BCUT2D eigenvalue weighted by Crippen LogP contribution is -2.05. The lowest BCUT2D eigenvalue weighted by molar-refractivity contribution is -0.115. The van der Waals surface area contributed by atoms with Crippen molar-refractivity contribution in [2.75, 3.05) is 12.4 Å². The molecule has 0 fully saturated rings. The molecule has 0 aliphatic heterocycles. The van der Waals surface area contributed by atoms with E-state index in [1.165, 1.54) is 0 Å². The van der Waals surface area contributed by atoms with Crippen molar-refractivity contribution in [2.45, 2.75) is 6.42 Å². The van der Waals surface area contributed by atoms with Crippen molar-refractivity contribution in [3.05, 3.63) is 28.8 Å². The van der Waals surface area contributed by atoms with Gasteiger partial charge >= 0.3 is 0 Å². The van der Waals surface area contributed by atoms with Gasteiger partial charge in [0.1, 0.15) is 11.5 Å². The molecule has 0 heterocycles. The zero-order valence-corrected chi connectivity index (χ0v) is 10.1. The van der Waals surface area contributed by atoms with Crippen molar-refractivity contribution in [3.8, 4) is 5.75 Å². The number of alkyl halides is 1. The molecule has 0 atom stereocenters. The molecule has 0 saturated carbocycles. The number of hydrogen-bond acceptors (Lipinski definition) is 2. The van der Waals surface area contributed by atoms with Gasteiger partial charge in [0.2, 0.25) is 0 Å². The molecule has 0 amide bonds. The van der Waals surface area contributed by atoms with Crippen LogP contribution in [-0.2, 0) is 11.2 Å². The largest absolute Gasteiger partial charge is 0.495 e. The Morgan fingerprint density at radius 3 is 2.86 bits per heavy atom. The van der Waals surface area contributed by atoms with Crippen LogP contribution in [0.2, 0.25) is 5.02 Å². The van der Waals surface area contributed by atoms with Crippen LogP contribution in [0.4, 0.5) is 0 Å². The summed E-state index contributed by atoms with van der Waals surface area (Å²) in [7, 11) is 1.54. The van der Waals surface area contributed by atoms with Crippen LogP contribution in [-0.4, -0.2) is 18.2 Å². The van der Waals surface area contributed by atoms with Gasteiger partial charge in [0, 0.05) is 12.0 Å². The van der Waals surface area contributed by atoms with Crippen LogP contribution in [0.25, 0.3) is 0 Å². The molecule has 0 unspecified atom stereocenters. The number of carbonyl (C=O) groups excluding carboxylic acids is 1. The Kier molecular flexibility index (Phi) is 4.42. The highest BCUT2D eigenvalue weighted by atomic mass is 79.9. The van der Waals surface area contributed by atoms with Crippen molar-refractivity contribution < 1.29 is 9.53 Å². The van der Waals surface area contributed by atoms with Crippen molar-refractivity contribution in [2.24, 2.45) is 0 Å². The number of Topliss-reactive ketones (excluding diaryl/α,β-unsaturated/α-hetero) is 1. The SMILES string of the molecule is COc1c(Cl)cccc1CC(=O)CBr. The smallest absolute Gasteiger partial charge is 0.147 e. The molecular formula is C10H10BrClO2. The summed E-state index contributed by atoms with van der Waals surface area (Å²) in [5.74, 6) is 0.689. The summed E-state index contributed by atoms with van der Waals surface area (Å²) in [5, 5.41) is 0.884. The van der Waals surface area contributed by atoms with Gasteiger partial charge in [-0.15, -0.1) is 0 Å². The normalized spacial score (nSPS) is 9.93. The van der Waals surface area contributed by atoms with E-state index in [9.17, 15) is 4.79 Å². The summed E-state index contributed by atoms with van der Waals surface area (Å²) in [6, 6.07) is 5.38. The minimum atomic E-state index is 0.102. The number of rotatable bonds is 4. The highest BCUT2D eigenvalue weighted by Crippen LogP contribution is 2.28. The lowest BCUT2D eigenvalue weighted by Gasteiger charge is -2.08. The molecule has 1 aromatic carbocycles. The fourth-order valence-electron chi connectivity index (χ4n) is 1.18. The van der Waals surface area contributed by atoms with Crippen LogP contribution < -0.4 is 4.74 Å². The second-order valence-corrected chi connectivity index (χ2v) is 3.75. The zero-order chi connectivity index (χ0) is 10.6. The maximum Gasteiger partial charge on any atom is 0.147 e. The van der Waals surface area contributed by atoms with E-state index in [2.05, 4.69) is 15.9 Å². The average molecular weight is 278 g/mol. The monoisotopic (exact) mass is 276 g/mol. The molecule has 0 radical (unpaired) electrons. The second-order valence-electron chi connectivity index (χ2n) is 2.78. The Labute approximate surface area is 96.3 Å². The highest BCUT2D eigenvalue weighted by molar-refractivity contribution is 9.09. The van der Waals surface area contributed by atoms with Crippen LogP contribution in [0.3, 0.4) is 0 Å². The molecule has 0 aromatic heterocycles. The Balaban J connectivity index is 2.96. The lowest BCUT2D eigenvalue weighted by atomic mass is 10.1. The van der Waals surface area contributed by atoms with E-state index < -0.39 is 0 Å². The van der Waals surface area contributed by atoms with Crippen LogP contribution in [0.1, 0.15) is 5.56 Å². The molecule has 14 heavy (non-hydrogen) atoms. The molecule has 4 heteroatoms. The maximum absolute atomic E-state index is 11.2. The first-order valence-electron chi connectivity index (χ1n) is 4.08. The van der Waals surface area contributed by atoms with E-state index >= 15 is 0 Å². The van der Waals surface area contributed by atoms with Crippen LogP contribution >= 0.6 is 27.5 Å². The third kappa shape index (κ3) is 2.72. The van der Waals surface area contributed by atoms with Crippen LogP contribution in [0.15, 0.2) is 18.2 Å². The zero-order valence-electron chi connectivity index (χ0n) is 7.72. The molecule has 0 aliphatic carbocycles. The van der Waals surface area contributed by atoms with Gasteiger partial charge in [-0.3, -0.25) is 4.79 Å².